The molecule has 0 N–H and O–H groups in total. The topological polar surface area (TPSA) is 29.5 Å². The van der Waals surface area contributed by atoms with Gasteiger partial charge in [-0.15, -0.1) is 6.58 Å². The minimum Gasteiger partial charge on any atom is -0.460 e. The molecular weight excluding hydrogens is 298 g/mol. The van der Waals surface area contributed by atoms with Crippen LogP contribution in [0.25, 0.3) is 0 Å². The molecule has 132 valence electrons. The number of hydrogen-bond acceptors (Lipinski definition) is 3. The Labute approximate surface area is 147 Å². The highest BCUT2D eigenvalue weighted by Crippen LogP contribution is 2.25. The van der Waals surface area contributed by atoms with Crippen molar-refractivity contribution in [2.45, 2.75) is 58.7 Å². The number of carbonyl (C=O) groups is 1. The highest BCUT2D eigenvalue weighted by atomic mass is 16.6. The quantitative estimate of drug-likeness (QED) is 0.501. The van der Waals surface area contributed by atoms with Crippen molar-refractivity contribution in [3.8, 4) is 0 Å². The lowest BCUT2D eigenvalue weighted by Crippen LogP contribution is -2.39. The Morgan fingerprint density at radius 1 is 1.29 bits per heavy atom. The summed E-state index contributed by atoms with van der Waals surface area (Å²) >= 11 is 0. The van der Waals surface area contributed by atoms with Crippen molar-refractivity contribution >= 4 is 5.97 Å². The summed E-state index contributed by atoms with van der Waals surface area (Å²) in [6.45, 7) is 14.4. The van der Waals surface area contributed by atoms with Crippen LogP contribution in [-0.4, -0.2) is 29.1 Å². The summed E-state index contributed by atoms with van der Waals surface area (Å²) in [6.07, 6.45) is 6.26. The molecule has 0 saturated heterocycles. The lowest BCUT2D eigenvalue weighted by molar-refractivity contribution is -0.156. The van der Waals surface area contributed by atoms with Crippen LogP contribution in [-0.2, 0) is 9.53 Å². The molecule has 0 bridgehead atoms. The predicted molar refractivity (Wildman–Crippen MR) is 101 cm³/mol. The van der Waals surface area contributed by atoms with Gasteiger partial charge in [-0.1, -0.05) is 48.6 Å². The largest absolute Gasteiger partial charge is 0.460 e. The Kier molecular flexibility index (Phi) is 7.93. The zero-order valence-electron chi connectivity index (χ0n) is 15.7. The van der Waals surface area contributed by atoms with Crippen LogP contribution in [0.15, 0.2) is 55.1 Å². The summed E-state index contributed by atoms with van der Waals surface area (Å²) in [4.78, 5) is 14.6. The number of carbonyl (C=O) groups excluding carboxylic acids is 1. The van der Waals surface area contributed by atoms with Crippen molar-refractivity contribution < 1.29 is 9.53 Å². The molecule has 0 heterocycles. The number of nitrogens with zero attached hydrogens (tertiary/aromatic N) is 1. The molecule has 0 radical (unpaired) electrons. The molecule has 3 heteroatoms. The van der Waals surface area contributed by atoms with Crippen molar-refractivity contribution in [2.24, 2.45) is 0 Å². The van der Waals surface area contributed by atoms with Crippen molar-refractivity contribution in [3.63, 3.8) is 0 Å². The van der Waals surface area contributed by atoms with Crippen LogP contribution >= 0.6 is 0 Å². The van der Waals surface area contributed by atoms with E-state index < -0.39 is 5.60 Å². The Bertz CT molecular complexity index is 543. The van der Waals surface area contributed by atoms with Gasteiger partial charge in [0, 0.05) is 18.6 Å². The molecule has 0 fully saturated rings. The van der Waals surface area contributed by atoms with E-state index in [2.05, 4.69) is 36.6 Å². The van der Waals surface area contributed by atoms with Gasteiger partial charge < -0.3 is 4.74 Å². The lowest BCUT2D eigenvalue weighted by atomic mass is 10.0. The molecule has 0 amide bonds. The minimum absolute atomic E-state index is 0.0296. The van der Waals surface area contributed by atoms with Gasteiger partial charge in [0.1, 0.15) is 5.60 Å². The van der Waals surface area contributed by atoms with Crippen LogP contribution in [0, 0.1) is 0 Å². The second-order valence-corrected chi connectivity index (χ2v) is 6.96. The third-order valence-corrected chi connectivity index (χ3v) is 3.76. The molecule has 2 atom stereocenters. The van der Waals surface area contributed by atoms with Gasteiger partial charge in [-0.2, -0.15) is 0 Å². The van der Waals surface area contributed by atoms with E-state index in [0.29, 0.717) is 13.0 Å². The SMILES string of the molecule is C=CCN(C(/C=C/C)CC(=O)OC(C)(C)C)[C@H](C)c1ccccc1. The third kappa shape index (κ3) is 6.71. The molecule has 0 spiro atoms. The van der Waals surface area contributed by atoms with Gasteiger partial charge in [-0.25, -0.2) is 0 Å². The standard InChI is InChI=1S/C21H31NO2/c1-7-12-19(16-20(23)24-21(4,5)6)22(15-8-2)17(3)18-13-10-9-11-14-18/h7-14,17,19H,2,15-16H2,1,3-6H3/b12-7+/t17-,19?/m1/s1. The molecule has 0 aromatic heterocycles. The van der Waals surface area contributed by atoms with Crippen LogP contribution in [0.5, 0.6) is 0 Å². The van der Waals surface area contributed by atoms with Crippen LogP contribution in [0.3, 0.4) is 0 Å². The van der Waals surface area contributed by atoms with Crippen molar-refractivity contribution in [1.29, 1.82) is 0 Å². The van der Waals surface area contributed by atoms with Gasteiger partial charge in [0.05, 0.1) is 6.42 Å². The number of ether oxygens (including phenoxy) is 1. The Morgan fingerprint density at radius 2 is 1.92 bits per heavy atom. The number of rotatable bonds is 8. The second kappa shape index (κ2) is 9.43. The molecule has 1 aromatic rings. The number of hydrogen-bond donors (Lipinski definition) is 0. The van der Waals surface area contributed by atoms with Gasteiger partial charge in [-0.05, 0) is 40.2 Å². The van der Waals surface area contributed by atoms with E-state index in [1.54, 1.807) is 0 Å². The van der Waals surface area contributed by atoms with E-state index in [0.717, 1.165) is 0 Å². The highest BCUT2D eigenvalue weighted by Gasteiger charge is 2.26. The molecule has 0 saturated carbocycles. The first-order valence-corrected chi connectivity index (χ1v) is 8.54. The predicted octanol–water partition coefficient (Wildman–Crippen LogP) is 4.91. The number of esters is 1. The first-order valence-electron chi connectivity index (χ1n) is 8.54. The highest BCUT2D eigenvalue weighted by molar-refractivity contribution is 5.71. The fourth-order valence-corrected chi connectivity index (χ4v) is 2.72. The fourth-order valence-electron chi connectivity index (χ4n) is 2.72. The van der Waals surface area contributed by atoms with Crippen LogP contribution in [0.4, 0.5) is 0 Å². The molecule has 3 nitrogen and oxygen atoms in total. The van der Waals surface area contributed by atoms with Crippen molar-refractivity contribution in [3.05, 3.63) is 60.7 Å². The molecule has 1 unspecified atom stereocenters. The fraction of sp³-hybridized carbons (Fsp3) is 0.476. The molecule has 1 aromatic carbocycles. The van der Waals surface area contributed by atoms with Gasteiger partial charge >= 0.3 is 5.97 Å². The van der Waals surface area contributed by atoms with E-state index in [4.69, 9.17) is 4.74 Å². The summed E-state index contributed by atoms with van der Waals surface area (Å²) in [5, 5.41) is 0. The maximum atomic E-state index is 12.3. The van der Waals surface area contributed by atoms with Crippen LogP contribution in [0.2, 0.25) is 0 Å². The second-order valence-electron chi connectivity index (χ2n) is 6.96. The maximum absolute atomic E-state index is 12.3. The molecule has 24 heavy (non-hydrogen) atoms. The van der Waals surface area contributed by atoms with Gasteiger partial charge in [0.2, 0.25) is 0 Å². The van der Waals surface area contributed by atoms with Gasteiger partial charge in [0.15, 0.2) is 0 Å². The molecule has 0 aliphatic carbocycles. The average molecular weight is 329 g/mol. The molecular formula is C21H31NO2. The molecule has 0 aliphatic heterocycles. The summed E-state index contributed by atoms with van der Waals surface area (Å²) < 4.78 is 5.50. The summed E-state index contributed by atoms with van der Waals surface area (Å²) in [5.74, 6) is -0.181. The molecule has 1 rings (SSSR count). The minimum atomic E-state index is -0.466. The summed E-state index contributed by atoms with van der Waals surface area (Å²) in [6, 6.07) is 10.5. The lowest BCUT2D eigenvalue weighted by Gasteiger charge is -2.34. The van der Waals surface area contributed by atoms with E-state index in [9.17, 15) is 4.79 Å². The third-order valence-electron chi connectivity index (χ3n) is 3.76. The van der Waals surface area contributed by atoms with Crippen LogP contribution < -0.4 is 0 Å². The van der Waals surface area contributed by atoms with Gasteiger partial charge in [-0.3, -0.25) is 9.69 Å². The first-order chi connectivity index (χ1) is 11.3. The van der Waals surface area contributed by atoms with Gasteiger partial charge in [0.25, 0.3) is 0 Å². The summed E-state index contributed by atoms with van der Waals surface area (Å²) in [7, 11) is 0. The van der Waals surface area contributed by atoms with E-state index >= 15 is 0 Å². The monoisotopic (exact) mass is 329 g/mol. The smallest absolute Gasteiger partial charge is 0.308 e. The first kappa shape index (κ1) is 20.2. The van der Waals surface area contributed by atoms with E-state index in [-0.39, 0.29) is 18.1 Å². The Morgan fingerprint density at radius 3 is 2.42 bits per heavy atom. The average Bonchev–Trinajstić information content (AvgIpc) is 2.50. The van der Waals surface area contributed by atoms with Crippen LogP contribution in [0.1, 0.15) is 52.6 Å². The molecule has 0 aliphatic rings. The zero-order chi connectivity index (χ0) is 18.2. The van der Waals surface area contributed by atoms with Crippen molar-refractivity contribution in [2.75, 3.05) is 6.54 Å². The van der Waals surface area contributed by atoms with E-state index in [1.165, 1.54) is 5.56 Å². The Balaban J connectivity index is 2.98. The number of allylic oxidation sites excluding steroid dienone is 1. The number of benzene rings is 1. The normalized spacial score (nSPS) is 14.6. The summed E-state index contributed by atoms with van der Waals surface area (Å²) in [5.41, 5.74) is 0.754. The maximum Gasteiger partial charge on any atom is 0.308 e. The van der Waals surface area contributed by atoms with E-state index in [1.807, 2.05) is 58.0 Å². The van der Waals surface area contributed by atoms with Crippen molar-refractivity contribution in [1.82, 2.24) is 4.90 Å². The zero-order valence-corrected chi connectivity index (χ0v) is 15.7. The Hall–Kier alpha value is -1.87.